The summed E-state index contributed by atoms with van der Waals surface area (Å²) < 4.78 is 15.8. The van der Waals surface area contributed by atoms with E-state index in [1.54, 1.807) is 0 Å². The Morgan fingerprint density at radius 3 is 1.51 bits per heavy atom. The van der Waals surface area contributed by atoms with Gasteiger partial charge in [0, 0.05) is 13.1 Å². The molecule has 2 aromatic carbocycles. The number of imidazole rings is 2. The third-order valence-electron chi connectivity index (χ3n) is 11.3. The number of ether oxygens (including phenoxy) is 3. The first-order valence-corrected chi connectivity index (χ1v) is 19.7. The summed E-state index contributed by atoms with van der Waals surface area (Å²) in [4.78, 5) is 71.3. The second-order valence-corrected chi connectivity index (χ2v) is 15.7. The lowest BCUT2D eigenvalue weighted by atomic mass is 9.93. The van der Waals surface area contributed by atoms with Gasteiger partial charge >= 0.3 is 12.2 Å². The average Bonchev–Trinajstić information content (AvgIpc) is 4.04. The Kier molecular flexibility index (Phi) is 11.7. The molecule has 2 saturated heterocycles. The molecular formula is C42H52N8O7. The molecule has 0 spiro atoms. The van der Waals surface area contributed by atoms with E-state index in [1.807, 2.05) is 49.9 Å². The van der Waals surface area contributed by atoms with Crippen molar-refractivity contribution < 1.29 is 33.4 Å². The highest BCUT2D eigenvalue weighted by Crippen LogP contribution is 2.38. The Bertz CT molecular complexity index is 1980. The molecule has 4 N–H and O–H groups in total. The van der Waals surface area contributed by atoms with Gasteiger partial charge in [0.15, 0.2) is 0 Å². The molecule has 3 aliphatic heterocycles. The minimum atomic E-state index is -0.699. The Morgan fingerprint density at radius 2 is 1.12 bits per heavy atom. The van der Waals surface area contributed by atoms with Crippen LogP contribution in [-0.2, 0) is 37.0 Å². The van der Waals surface area contributed by atoms with Crippen LogP contribution in [0.25, 0.3) is 33.6 Å². The van der Waals surface area contributed by atoms with Crippen LogP contribution in [0.4, 0.5) is 9.59 Å². The summed E-state index contributed by atoms with van der Waals surface area (Å²) in [7, 11) is 2.58. The molecule has 15 heteroatoms. The third kappa shape index (κ3) is 8.11. The molecule has 57 heavy (non-hydrogen) atoms. The molecule has 7 rings (SSSR count). The van der Waals surface area contributed by atoms with E-state index in [1.165, 1.54) is 14.2 Å². The standard InChI is InChI=1S/C42H52N8O7/c1-23(2)35(47-41(53)55-5)39(51)49-15-7-9-33(49)37-43-19-31(45-37)25-11-13-29-27(17-25)21-57-22-28-18-26(12-14-30(28)29)32-20-44-38(46-32)34-10-8-16-50(34)40(52)36(24(3)4)48-42(54)56-6/h11-14,17-20,23-24,33-36H,7-10,15-16,21-22H2,1-6H3,(H,43,45)(H,44,46)(H,47,53)(H,48,54)/t33-,34?,35?,36-/m0/s1. The van der Waals surface area contributed by atoms with E-state index in [2.05, 4.69) is 57.0 Å². The minimum Gasteiger partial charge on any atom is -0.453 e. The van der Waals surface area contributed by atoms with Gasteiger partial charge in [-0.05, 0) is 83.0 Å². The van der Waals surface area contributed by atoms with Gasteiger partial charge in [0.1, 0.15) is 23.7 Å². The second-order valence-electron chi connectivity index (χ2n) is 15.7. The fourth-order valence-electron chi connectivity index (χ4n) is 8.25. The van der Waals surface area contributed by atoms with E-state index in [0.29, 0.717) is 38.0 Å². The van der Waals surface area contributed by atoms with Crippen LogP contribution >= 0.6 is 0 Å². The van der Waals surface area contributed by atoms with E-state index in [0.717, 1.165) is 70.5 Å². The minimum absolute atomic E-state index is 0.115. The summed E-state index contributed by atoms with van der Waals surface area (Å²) in [5.41, 5.74) is 7.90. The zero-order valence-electron chi connectivity index (χ0n) is 33.4. The number of benzene rings is 2. The zero-order chi connectivity index (χ0) is 40.4. The summed E-state index contributed by atoms with van der Waals surface area (Å²) in [5.74, 6) is 0.903. The molecule has 15 nitrogen and oxygen atoms in total. The van der Waals surface area contributed by atoms with Crippen molar-refractivity contribution in [3.05, 3.63) is 71.6 Å². The number of aromatic nitrogens is 4. The smallest absolute Gasteiger partial charge is 0.407 e. The van der Waals surface area contributed by atoms with Gasteiger partial charge in [-0.1, -0.05) is 52.0 Å². The van der Waals surface area contributed by atoms with Crippen LogP contribution in [0.2, 0.25) is 0 Å². The SMILES string of the molecule is COC(=O)NC(C(=O)N1CCC[C@H]1c1ncc(-c2ccc3c(c2)COCc2cc(-c4cnc(C5CCCN5C(=O)[C@@H](NC(=O)OC)C(C)C)[nH]4)ccc2-3)[nH]1)C(C)C. The van der Waals surface area contributed by atoms with E-state index < -0.39 is 24.3 Å². The highest BCUT2D eigenvalue weighted by molar-refractivity contribution is 5.87. The van der Waals surface area contributed by atoms with Crippen LogP contribution in [0.5, 0.6) is 0 Å². The summed E-state index contributed by atoms with van der Waals surface area (Å²) in [5, 5.41) is 5.40. The molecule has 2 fully saturated rings. The van der Waals surface area contributed by atoms with Gasteiger partial charge < -0.3 is 44.6 Å². The van der Waals surface area contributed by atoms with E-state index in [9.17, 15) is 19.2 Å². The quantitative estimate of drug-likeness (QED) is 0.144. The number of fused-ring (bicyclic) bond motifs is 3. The molecule has 0 saturated carbocycles. The average molecular weight is 781 g/mol. The topological polar surface area (TPSA) is 184 Å². The first-order valence-electron chi connectivity index (χ1n) is 19.7. The Hall–Kier alpha value is -5.70. The predicted molar refractivity (Wildman–Crippen MR) is 211 cm³/mol. The maximum absolute atomic E-state index is 13.6. The Morgan fingerprint density at radius 1 is 0.702 bits per heavy atom. The van der Waals surface area contributed by atoms with Gasteiger partial charge in [-0.3, -0.25) is 9.59 Å². The molecule has 5 heterocycles. The van der Waals surface area contributed by atoms with Gasteiger partial charge in [-0.25, -0.2) is 19.6 Å². The van der Waals surface area contributed by atoms with Crippen LogP contribution in [0, 0.1) is 11.8 Å². The van der Waals surface area contributed by atoms with E-state index in [4.69, 9.17) is 24.2 Å². The Labute approximate surface area is 332 Å². The van der Waals surface area contributed by atoms with Crippen molar-refractivity contribution in [2.45, 2.75) is 90.8 Å². The monoisotopic (exact) mass is 780 g/mol. The van der Waals surface area contributed by atoms with Crippen molar-refractivity contribution in [1.82, 2.24) is 40.4 Å². The number of nitrogens with one attached hydrogen (secondary N) is 4. The predicted octanol–water partition coefficient (Wildman–Crippen LogP) is 6.25. The number of hydrogen-bond acceptors (Lipinski definition) is 9. The Balaban J connectivity index is 1.07. The first kappa shape index (κ1) is 39.5. The number of hydrogen-bond donors (Lipinski definition) is 4. The first-order chi connectivity index (χ1) is 27.5. The maximum Gasteiger partial charge on any atom is 0.407 e. The van der Waals surface area contributed by atoms with Crippen molar-refractivity contribution in [1.29, 1.82) is 0 Å². The highest BCUT2D eigenvalue weighted by atomic mass is 16.5. The van der Waals surface area contributed by atoms with E-state index in [-0.39, 0.29) is 35.7 Å². The number of H-pyrrole nitrogens is 2. The summed E-state index contributed by atoms with van der Waals surface area (Å²) >= 11 is 0. The van der Waals surface area contributed by atoms with Gasteiger partial charge in [0.05, 0.1) is 63.3 Å². The van der Waals surface area contributed by atoms with Crippen molar-refractivity contribution in [3.63, 3.8) is 0 Å². The number of methoxy groups -OCH3 is 2. The number of amides is 4. The van der Waals surface area contributed by atoms with Gasteiger partial charge in [0.2, 0.25) is 11.8 Å². The van der Waals surface area contributed by atoms with Crippen molar-refractivity contribution >= 4 is 24.0 Å². The van der Waals surface area contributed by atoms with Crippen LogP contribution in [0.1, 0.15) is 88.2 Å². The molecule has 2 aromatic heterocycles. The number of likely N-dealkylation sites (tertiary alicyclic amines) is 2. The number of carbonyl (C=O) groups excluding carboxylic acids is 4. The summed E-state index contributed by atoms with van der Waals surface area (Å²) in [6, 6.07) is 10.8. The molecule has 3 aliphatic rings. The highest BCUT2D eigenvalue weighted by Gasteiger charge is 2.39. The fraction of sp³-hybridized carbons (Fsp3) is 0.476. The fourth-order valence-corrected chi connectivity index (χ4v) is 8.25. The lowest BCUT2D eigenvalue weighted by molar-refractivity contribution is -0.136. The van der Waals surface area contributed by atoms with Gasteiger partial charge in [-0.15, -0.1) is 0 Å². The number of alkyl carbamates (subject to hydrolysis) is 2. The van der Waals surface area contributed by atoms with Gasteiger partial charge in [-0.2, -0.15) is 0 Å². The molecular weight excluding hydrogens is 729 g/mol. The molecule has 4 atom stereocenters. The van der Waals surface area contributed by atoms with Crippen molar-refractivity contribution in [3.8, 4) is 33.6 Å². The van der Waals surface area contributed by atoms with Crippen LogP contribution < -0.4 is 10.6 Å². The molecule has 2 unspecified atom stereocenters. The summed E-state index contributed by atoms with van der Waals surface area (Å²) in [6.45, 7) is 9.64. The normalized spacial score (nSPS) is 18.8. The van der Waals surface area contributed by atoms with Crippen LogP contribution in [0.3, 0.4) is 0 Å². The van der Waals surface area contributed by atoms with Crippen LogP contribution in [-0.4, -0.2) is 93.1 Å². The molecule has 4 amide bonds. The lowest BCUT2D eigenvalue weighted by Gasteiger charge is -2.30. The van der Waals surface area contributed by atoms with E-state index >= 15 is 0 Å². The third-order valence-corrected chi connectivity index (χ3v) is 11.3. The number of nitrogens with zero attached hydrogens (tertiary/aromatic N) is 4. The van der Waals surface area contributed by atoms with Gasteiger partial charge in [0.25, 0.3) is 0 Å². The second kappa shape index (κ2) is 16.8. The molecule has 302 valence electrons. The maximum atomic E-state index is 13.6. The largest absolute Gasteiger partial charge is 0.453 e. The van der Waals surface area contributed by atoms with Crippen molar-refractivity contribution in [2.24, 2.45) is 11.8 Å². The van der Waals surface area contributed by atoms with Crippen LogP contribution in [0.15, 0.2) is 48.8 Å². The zero-order valence-corrected chi connectivity index (χ0v) is 33.4. The molecule has 0 radical (unpaired) electrons. The molecule has 0 aliphatic carbocycles. The molecule has 0 bridgehead atoms. The number of carbonyl (C=O) groups is 4. The summed E-state index contributed by atoms with van der Waals surface area (Å²) in [6.07, 6.45) is 5.58. The number of aromatic amines is 2. The lowest BCUT2D eigenvalue weighted by Crippen LogP contribution is -2.51. The number of rotatable bonds is 10. The van der Waals surface area contributed by atoms with Crippen molar-refractivity contribution in [2.75, 3.05) is 27.3 Å². The molecule has 4 aromatic rings.